The van der Waals surface area contributed by atoms with Crippen molar-refractivity contribution in [2.24, 2.45) is 0 Å². The molecular weight excluding hydrogens is 694 g/mol. The van der Waals surface area contributed by atoms with Crippen LogP contribution in [0, 0.1) is 6.92 Å². The number of nitrogens with one attached hydrogen (secondary N) is 1. The lowest BCUT2D eigenvalue weighted by atomic mass is 10.1. The van der Waals surface area contributed by atoms with Crippen LogP contribution in [0.2, 0.25) is 0 Å². The van der Waals surface area contributed by atoms with E-state index in [0.717, 1.165) is 50.5 Å². The zero-order valence-corrected chi connectivity index (χ0v) is 31.2. The third-order valence-electron chi connectivity index (χ3n) is 7.90. The minimum Gasteiger partial charge on any atom is -0.494 e. The van der Waals surface area contributed by atoms with Crippen LogP contribution in [0.25, 0.3) is 0 Å². The number of carbonyl (C=O) groups excluding carboxylic acids is 5. The summed E-state index contributed by atoms with van der Waals surface area (Å²) in [7, 11) is 0. The molecule has 0 bridgehead atoms. The first-order valence-corrected chi connectivity index (χ1v) is 18.3. The van der Waals surface area contributed by atoms with Gasteiger partial charge in [0.05, 0.1) is 37.5 Å². The Hall–Kier alpha value is -5.65. The number of alkyl carbamates (subject to hydrolysis) is 1. The van der Waals surface area contributed by atoms with Gasteiger partial charge in [-0.3, -0.25) is 4.79 Å². The van der Waals surface area contributed by atoms with E-state index in [4.69, 9.17) is 28.4 Å². The quantitative estimate of drug-likeness (QED) is 0.0311. The second kappa shape index (κ2) is 24.6. The molecule has 3 aromatic rings. The third kappa shape index (κ3) is 17.7. The van der Waals surface area contributed by atoms with Crippen molar-refractivity contribution in [3.8, 4) is 17.2 Å². The summed E-state index contributed by atoms with van der Waals surface area (Å²) in [5.74, 6) is -0.367. The molecule has 0 heterocycles. The maximum Gasteiger partial charge on any atom is 0.407 e. The predicted molar refractivity (Wildman–Crippen MR) is 202 cm³/mol. The Morgan fingerprint density at radius 3 is 1.61 bits per heavy atom. The fourth-order valence-corrected chi connectivity index (χ4v) is 4.83. The summed E-state index contributed by atoms with van der Waals surface area (Å²) in [6, 6.07) is 20.1. The number of ether oxygens (including phenoxy) is 6. The average molecular weight is 746 g/mol. The van der Waals surface area contributed by atoms with Crippen LogP contribution in [0.1, 0.15) is 97.4 Å². The van der Waals surface area contributed by atoms with Crippen molar-refractivity contribution < 1.29 is 52.4 Å². The van der Waals surface area contributed by atoms with E-state index < -0.39 is 24.0 Å². The van der Waals surface area contributed by atoms with E-state index >= 15 is 0 Å². The second-order valence-electron chi connectivity index (χ2n) is 12.6. The highest BCUT2D eigenvalue weighted by Gasteiger charge is 2.12. The number of carbonyl (C=O) groups is 5. The normalized spacial score (nSPS) is 10.5. The van der Waals surface area contributed by atoms with Crippen molar-refractivity contribution in [1.82, 2.24) is 5.32 Å². The summed E-state index contributed by atoms with van der Waals surface area (Å²) in [6.45, 7) is 8.37. The number of hydrogen-bond acceptors (Lipinski definition) is 11. The standard InChI is InChI=1S/C42H51NO11/c1-31(2)39(45)51-30-26-43-42(48)52-29-12-8-9-13-38(44)50-28-11-7-5-4-6-10-27-49-35-20-18-34(19-21-35)41(47)54-37-24-22-36(23-25-37)53-40(46)33-16-14-32(3)15-17-33/h14-25H,1,4-13,26-30H2,2-3H3,(H,43,48). The van der Waals surface area contributed by atoms with E-state index in [1.165, 1.54) is 0 Å². The molecule has 0 aliphatic carbocycles. The molecule has 12 heteroatoms. The lowest BCUT2D eigenvalue weighted by Crippen LogP contribution is -2.29. The number of unbranched alkanes of at least 4 members (excludes halogenated alkanes) is 7. The van der Waals surface area contributed by atoms with Crippen LogP contribution in [-0.2, 0) is 23.8 Å². The van der Waals surface area contributed by atoms with Gasteiger partial charge in [0.25, 0.3) is 0 Å². The van der Waals surface area contributed by atoms with Crippen LogP contribution >= 0.6 is 0 Å². The largest absolute Gasteiger partial charge is 0.494 e. The van der Waals surface area contributed by atoms with Gasteiger partial charge in [-0.15, -0.1) is 0 Å². The molecule has 0 radical (unpaired) electrons. The van der Waals surface area contributed by atoms with Crippen molar-refractivity contribution in [2.75, 3.05) is 33.0 Å². The van der Waals surface area contributed by atoms with E-state index in [2.05, 4.69) is 11.9 Å². The van der Waals surface area contributed by atoms with Gasteiger partial charge in [-0.25, -0.2) is 19.2 Å². The molecule has 0 aliphatic rings. The summed E-state index contributed by atoms with van der Waals surface area (Å²) in [5, 5.41) is 2.49. The summed E-state index contributed by atoms with van der Waals surface area (Å²) in [6.07, 6.45) is 7.60. The van der Waals surface area contributed by atoms with E-state index in [1.807, 2.05) is 19.1 Å². The Bertz CT molecular complexity index is 1630. The number of benzene rings is 3. The van der Waals surface area contributed by atoms with Crippen molar-refractivity contribution in [1.29, 1.82) is 0 Å². The highest BCUT2D eigenvalue weighted by molar-refractivity contribution is 5.92. The Balaban J connectivity index is 1.13. The van der Waals surface area contributed by atoms with Crippen LogP contribution in [0.15, 0.2) is 84.9 Å². The van der Waals surface area contributed by atoms with Crippen LogP contribution in [-0.4, -0.2) is 62.9 Å². The first-order valence-electron chi connectivity index (χ1n) is 18.3. The molecule has 0 saturated carbocycles. The van der Waals surface area contributed by atoms with Crippen LogP contribution in [0.5, 0.6) is 17.2 Å². The molecule has 0 unspecified atom stereocenters. The van der Waals surface area contributed by atoms with Gasteiger partial charge in [0, 0.05) is 12.0 Å². The van der Waals surface area contributed by atoms with Crippen molar-refractivity contribution in [2.45, 2.75) is 78.1 Å². The monoisotopic (exact) mass is 745 g/mol. The molecule has 0 atom stereocenters. The van der Waals surface area contributed by atoms with Crippen molar-refractivity contribution in [3.63, 3.8) is 0 Å². The summed E-state index contributed by atoms with van der Waals surface area (Å²) < 4.78 is 31.9. The Morgan fingerprint density at radius 2 is 1.04 bits per heavy atom. The topological polar surface area (TPSA) is 153 Å². The fraction of sp³-hybridized carbons (Fsp3) is 0.405. The van der Waals surface area contributed by atoms with Gasteiger partial charge in [-0.05, 0) is 107 Å². The Morgan fingerprint density at radius 1 is 0.556 bits per heavy atom. The minimum atomic E-state index is -0.582. The van der Waals surface area contributed by atoms with Crippen molar-refractivity contribution >= 4 is 30.0 Å². The Kier molecular flexibility index (Phi) is 19.5. The smallest absolute Gasteiger partial charge is 0.407 e. The highest BCUT2D eigenvalue weighted by Crippen LogP contribution is 2.21. The van der Waals surface area contributed by atoms with Crippen molar-refractivity contribution in [3.05, 3.63) is 102 Å². The summed E-state index contributed by atoms with van der Waals surface area (Å²) in [5.41, 5.74) is 2.17. The summed E-state index contributed by atoms with van der Waals surface area (Å²) >= 11 is 0. The van der Waals surface area contributed by atoms with Gasteiger partial charge in [0.1, 0.15) is 23.9 Å². The molecular formula is C42H51NO11. The number of amides is 1. The van der Waals surface area contributed by atoms with Gasteiger partial charge < -0.3 is 33.7 Å². The molecule has 0 fully saturated rings. The lowest BCUT2D eigenvalue weighted by Gasteiger charge is -2.09. The van der Waals surface area contributed by atoms with E-state index in [9.17, 15) is 24.0 Å². The number of rotatable bonds is 24. The van der Waals surface area contributed by atoms with Gasteiger partial charge in [0.2, 0.25) is 0 Å². The maximum absolute atomic E-state index is 12.6. The van der Waals surface area contributed by atoms with E-state index in [1.54, 1.807) is 67.6 Å². The van der Waals surface area contributed by atoms with Crippen LogP contribution in [0.4, 0.5) is 4.79 Å². The average Bonchev–Trinajstić information content (AvgIpc) is 3.16. The predicted octanol–water partition coefficient (Wildman–Crippen LogP) is 8.10. The molecule has 0 saturated heterocycles. The number of aryl methyl sites for hydroxylation is 1. The molecule has 1 amide bonds. The highest BCUT2D eigenvalue weighted by atomic mass is 16.6. The molecule has 0 spiro atoms. The van der Waals surface area contributed by atoms with Gasteiger partial charge >= 0.3 is 30.0 Å². The fourth-order valence-electron chi connectivity index (χ4n) is 4.83. The first kappa shape index (κ1) is 42.8. The summed E-state index contributed by atoms with van der Waals surface area (Å²) in [4.78, 5) is 59.7. The molecule has 3 rings (SSSR count). The van der Waals surface area contributed by atoms with Gasteiger partial charge in [-0.1, -0.05) is 50.0 Å². The lowest BCUT2D eigenvalue weighted by molar-refractivity contribution is -0.144. The number of hydrogen-bond donors (Lipinski definition) is 1. The first-order chi connectivity index (χ1) is 26.1. The zero-order chi connectivity index (χ0) is 39.0. The van der Waals surface area contributed by atoms with Crippen LogP contribution < -0.4 is 19.5 Å². The molecule has 1 N–H and O–H groups in total. The van der Waals surface area contributed by atoms with Gasteiger partial charge in [-0.2, -0.15) is 0 Å². The molecule has 3 aromatic carbocycles. The molecule has 54 heavy (non-hydrogen) atoms. The van der Waals surface area contributed by atoms with E-state index in [-0.39, 0.29) is 25.7 Å². The van der Waals surface area contributed by atoms with E-state index in [0.29, 0.717) is 66.4 Å². The van der Waals surface area contributed by atoms with Gasteiger partial charge in [0.15, 0.2) is 0 Å². The molecule has 290 valence electrons. The van der Waals surface area contributed by atoms with Crippen LogP contribution in [0.3, 0.4) is 0 Å². The number of esters is 4. The maximum atomic E-state index is 12.6. The SMILES string of the molecule is C=C(C)C(=O)OCCNC(=O)OCCCCCC(=O)OCCCCCCCCOc1ccc(C(=O)Oc2ccc(OC(=O)c3ccc(C)cc3)cc2)cc1. The zero-order valence-electron chi connectivity index (χ0n) is 31.2. The second-order valence-corrected chi connectivity index (χ2v) is 12.6. The Labute approximate surface area is 317 Å². The minimum absolute atomic E-state index is 0.0413. The third-order valence-corrected chi connectivity index (χ3v) is 7.90. The molecule has 0 aromatic heterocycles. The molecule has 12 nitrogen and oxygen atoms in total. The molecule has 0 aliphatic heterocycles.